The number of nitrogens with one attached hydrogen (secondary N) is 2. The first-order chi connectivity index (χ1) is 8.65. The van der Waals surface area contributed by atoms with Gasteiger partial charge in [-0.2, -0.15) is 0 Å². The summed E-state index contributed by atoms with van der Waals surface area (Å²) >= 11 is 3.40. The predicted molar refractivity (Wildman–Crippen MR) is 74.5 cm³/mol. The Bertz CT molecular complexity index is 551. The average Bonchev–Trinajstić information content (AvgIpc) is 2.72. The summed E-state index contributed by atoms with van der Waals surface area (Å²) in [6.07, 6.45) is 1.63. The molecule has 18 heavy (non-hydrogen) atoms. The van der Waals surface area contributed by atoms with Crippen molar-refractivity contribution >= 4 is 33.2 Å². The molecule has 0 radical (unpaired) electrons. The second kappa shape index (κ2) is 5.73. The van der Waals surface area contributed by atoms with E-state index in [0.717, 1.165) is 21.6 Å². The first kappa shape index (κ1) is 12.7. The molecule has 2 N–H and O–H groups in total. The molecule has 0 saturated carbocycles. The molecule has 1 aromatic carbocycles. The molecular formula is C13H13BrN2O2. The molecule has 1 aromatic heterocycles. The number of halogens is 1. The minimum absolute atomic E-state index is 0.0825. The van der Waals surface area contributed by atoms with Gasteiger partial charge in [0.15, 0.2) is 0 Å². The highest BCUT2D eigenvalue weighted by Gasteiger charge is 2.03. The Labute approximate surface area is 114 Å². The van der Waals surface area contributed by atoms with Gasteiger partial charge in [-0.15, -0.1) is 0 Å². The third-order valence-corrected chi connectivity index (χ3v) is 3.03. The fourth-order valence-corrected chi connectivity index (χ4v) is 1.89. The van der Waals surface area contributed by atoms with E-state index in [2.05, 4.69) is 26.6 Å². The van der Waals surface area contributed by atoms with Crippen LogP contribution in [0.25, 0.3) is 0 Å². The summed E-state index contributed by atoms with van der Waals surface area (Å²) in [6, 6.07) is 9.38. The van der Waals surface area contributed by atoms with Crippen molar-refractivity contribution < 1.29 is 9.21 Å². The number of benzene rings is 1. The molecule has 2 rings (SSSR count). The predicted octanol–water partition coefficient (Wildman–Crippen LogP) is 3.61. The van der Waals surface area contributed by atoms with Gasteiger partial charge >= 0.3 is 0 Å². The molecule has 0 aliphatic carbocycles. The van der Waals surface area contributed by atoms with E-state index in [9.17, 15) is 4.79 Å². The molecule has 2 aromatic rings. The van der Waals surface area contributed by atoms with Crippen LogP contribution in [0.1, 0.15) is 12.7 Å². The van der Waals surface area contributed by atoms with E-state index in [1.807, 2.05) is 30.3 Å². The van der Waals surface area contributed by atoms with Crippen molar-refractivity contribution in [1.29, 1.82) is 0 Å². The standard InChI is InChI=1S/C13H13BrN2O2/c1-9(17)16-11-4-2-3-10(7-11)15-8-13-12(14)5-6-18-13/h2-7,15H,8H2,1H3,(H,16,17). The number of hydrogen-bond acceptors (Lipinski definition) is 3. The number of carbonyl (C=O) groups excluding carboxylic acids is 1. The largest absolute Gasteiger partial charge is 0.466 e. The van der Waals surface area contributed by atoms with Crippen molar-refractivity contribution in [1.82, 2.24) is 0 Å². The monoisotopic (exact) mass is 308 g/mol. The van der Waals surface area contributed by atoms with E-state index in [-0.39, 0.29) is 5.91 Å². The number of carbonyl (C=O) groups is 1. The molecule has 0 aliphatic rings. The maximum absolute atomic E-state index is 11.0. The number of amides is 1. The lowest BCUT2D eigenvalue weighted by molar-refractivity contribution is -0.114. The van der Waals surface area contributed by atoms with Gasteiger partial charge in [0.25, 0.3) is 0 Å². The summed E-state index contributed by atoms with van der Waals surface area (Å²) < 4.78 is 6.24. The number of rotatable bonds is 4. The molecule has 0 atom stereocenters. The van der Waals surface area contributed by atoms with Crippen molar-refractivity contribution in [2.24, 2.45) is 0 Å². The highest BCUT2D eigenvalue weighted by Crippen LogP contribution is 2.20. The normalized spacial score (nSPS) is 10.1. The fraction of sp³-hybridized carbons (Fsp3) is 0.154. The smallest absolute Gasteiger partial charge is 0.221 e. The van der Waals surface area contributed by atoms with Gasteiger partial charge in [-0.1, -0.05) is 6.07 Å². The van der Waals surface area contributed by atoms with E-state index in [1.54, 1.807) is 6.26 Å². The quantitative estimate of drug-likeness (QED) is 0.907. The zero-order valence-electron chi connectivity index (χ0n) is 9.87. The van der Waals surface area contributed by atoms with Crippen LogP contribution in [0.4, 0.5) is 11.4 Å². The first-order valence-electron chi connectivity index (χ1n) is 5.48. The van der Waals surface area contributed by atoms with Crippen LogP contribution in [0, 0.1) is 0 Å². The van der Waals surface area contributed by atoms with Crippen molar-refractivity contribution in [3.05, 3.63) is 46.8 Å². The van der Waals surface area contributed by atoms with Gasteiger partial charge in [-0.05, 0) is 40.2 Å². The van der Waals surface area contributed by atoms with E-state index in [0.29, 0.717) is 6.54 Å². The molecule has 0 saturated heterocycles. The van der Waals surface area contributed by atoms with Crippen LogP contribution in [0.15, 0.2) is 45.5 Å². The lowest BCUT2D eigenvalue weighted by Crippen LogP contribution is -2.06. The molecule has 94 valence electrons. The Morgan fingerprint density at radius 3 is 2.78 bits per heavy atom. The van der Waals surface area contributed by atoms with E-state index in [4.69, 9.17) is 4.42 Å². The number of anilines is 2. The molecule has 0 bridgehead atoms. The van der Waals surface area contributed by atoms with Gasteiger partial charge in [-0.25, -0.2) is 0 Å². The van der Waals surface area contributed by atoms with Gasteiger partial charge in [0.1, 0.15) is 5.76 Å². The van der Waals surface area contributed by atoms with Gasteiger partial charge in [-0.3, -0.25) is 4.79 Å². The second-order valence-electron chi connectivity index (χ2n) is 3.81. The molecule has 0 spiro atoms. The van der Waals surface area contributed by atoms with Crippen LogP contribution in [-0.2, 0) is 11.3 Å². The van der Waals surface area contributed by atoms with Crippen LogP contribution < -0.4 is 10.6 Å². The summed E-state index contributed by atoms with van der Waals surface area (Å²) in [4.78, 5) is 11.0. The molecular weight excluding hydrogens is 296 g/mol. The Kier molecular flexibility index (Phi) is 4.04. The highest BCUT2D eigenvalue weighted by molar-refractivity contribution is 9.10. The molecule has 4 nitrogen and oxygen atoms in total. The molecule has 1 amide bonds. The van der Waals surface area contributed by atoms with Gasteiger partial charge in [0, 0.05) is 18.3 Å². The van der Waals surface area contributed by atoms with Crippen LogP contribution in [0.2, 0.25) is 0 Å². The number of hydrogen-bond donors (Lipinski definition) is 2. The molecule has 0 fully saturated rings. The fourth-order valence-electron chi connectivity index (χ4n) is 1.54. The summed E-state index contributed by atoms with van der Waals surface area (Å²) in [5.41, 5.74) is 1.69. The lowest BCUT2D eigenvalue weighted by Gasteiger charge is -2.07. The number of furan rings is 1. The van der Waals surface area contributed by atoms with Crippen LogP contribution >= 0.6 is 15.9 Å². The summed E-state index contributed by atoms with van der Waals surface area (Å²) in [5, 5.41) is 5.96. The van der Waals surface area contributed by atoms with E-state index >= 15 is 0 Å². The summed E-state index contributed by atoms with van der Waals surface area (Å²) in [5.74, 6) is 0.751. The Morgan fingerprint density at radius 2 is 2.11 bits per heavy atom. The minimum Gasteiger partial charge on any atom is -0.466 e. The first-order valence-corrected chi connectivity index (χ1v) is 6.28. The SMILES string of the molecule is CC(=O)Nc1cccc(NCc2occc2Br)c1. The van der Waals surface area contributed by atoms with Crippen molar-refractivity contribution in [2.45, 2.75) is 13.5 Å². The van der Waals surface area contributed by atoms with Gasteiger partial charge in [0.05, 0.1) is 17.3 Å². The Morgan fingerprint density at radius 1 is 1.33 bits per heavy atom. The van der Waals surface area contributed by atoms with Crippen molar-refractivity contribution in [2.75, 3.05) is 10.6 Å². The summed E-state index contributed by atoms with van der Waals surface area (Å²) in [6.45, 7) is 2.07. The third-order valence-electron chi connectivity index (χ3n) is 2.33. The van der Waals surface area contributed by atoms with Crippen LogP contribution in [0.3, 0.4) is 0 Å². The maximum Gasteiger partial charge on any atom is 0.221 e. The zero-order chi connectivity index (χ0) is 13.0. The molecule has 0 aliphatic heterocycles. The van der Waals surface area contributed by atoms with Crippen LogP contribution in [-0.4, -0.2) is 5.91 Å². The van der Waals surface area contributed by atoms with Gasteiger partial charge < -0.3 is 15.1 Å². The van der Waals surface area contributed by atoms with Crippen LogP contribution in [0.5, 0.6) is 0 Å². The van der Waals surface area contributed by atoms with Gasteiger partial charge in [0.2, 0.25) is 5.91 Å². The average molecular weight is 309 g/mol. The highest BCUT2D eigenvalue weighted by atomic mass is 79.9. The van der Waals surface area contributed by atoms with Crippen molar-refractivity contribution in [3.63, 3.8) is 0 Å². The van der Waals surface area contributed by atoms with E-state index < -0.39 is 0 Å². The lowest BCUT2D eigenvalue weighted by atomic mass is 10.2. The maximum atomic E-state index is 11.0. The van der Waals surface area contributed by atoms with Crippen molar-refractivity contribution in [3.8, 4) is 0 Å². The summed E-state index contributed by atoms with van der Waals surface area (Å²) in [7, 11) is 0. The Hall–Kier alpha value is -1.75. The topological polar surface area (TPSA) is 54.3 Å². The second-order valence-corrected chi connectivity index (χ2v) is 4.66. The van der Waals surface area contributed by atoms with E-state index in [1.165, 1.54) is 6.92 Å². The molecule has 1 heterocycles. The molecule has 0 unspecified atom stereocenters. The third kappa shape index (κ3) is 3.37. The molecule has 5 heteroatoms. The zero-order valence-corrected chi connectivity index (χ0v) is 11.5. The Balaban J connectivity index is 2.01. The minimum atomic E-state index is -0.0825.